The first kappa shape index (κ1) is 12.9. The van der Waals surface area contributed by atoms with Crippen molar-refractivity contribution in [2.75, 3.05) is 32.7 Å². The number of hydrogen-bond donors (Lipinski definition) is 1. The minimum atomic E-state index is 0.894. The summed E-state index contributed by atoms with van der Waals surface area (Å²) >= 11 is 5.54. The van der Waals surface area contributed by atoms with Crippen LogP contribution in [0.1, 0.15) is 20.8 Å². The Morgan fingerprint density at radius 1 is 1.38 bits per heavy atom. The molecule has 0 saturated carbocycles. The van der Waals surface area contributed by atoms with Gasteiger partial charge in [0.1, 0.15) is 0 Å². The van der Waals surface area contributed by atoms with Crippen LogP contribution in [0.2, 0.25) is 0 Å². The van der Waals surface area contributed by atoms with Crippen molar-refractivity contribution in [3.63, 3.8) is 0 Å². The second-order valence-electron chi connectivity index (χ2n) is 3.16. The minimum Gasteiger partial charge on any atom is -0.312 e. The smallest absolute Gasteiger partial charge is 0.0174 e. The maximum atomic E-state index is 5.54. The molecule has 3 heteroatoms. The van der Waals surface area contributed by atoms with Gasteiger partial charge in [-0.05, 0) is 25.6 Å². The fourth-order valence-electron chi connectivity index (χ4n) is 1.10. The summed E-state index contributed by atoms with van der Waals surface area (Å²) in [7, 11) is 0. The van der Waals surface area contributed by atoms with Gasteiger partial charge in [-0.25, -0.2) is 0 Å². The van der Waals surface area contributed by atoms with E-state index < -0.39 is 0 Å². The molecule has 0 bridgehead atoms. The second-order valence-corrected chi connectivity index (χ2v) is 3.38. The van der Waals surface area contributed by atoms with Crippen molar-refractivity contribution in [3.8, 4) is 0 Å². The zero-order valence-electron chi connectivity index (χ0n) is 8.94. The Morgan fingerprint density at radius 3 is 2.46 bits per heavy atom. The predicted molar refractivity (Wildman–Crippen MR) is 60.3 cm³/mol. The molecule has 0 rings (SSSR count). The summed E-state index contributed by atoms with van der Waals surface area (Å²) in [6.07, 6.45) is 0. The first-order valence-corrected chi connectivity index (χ1v) is 5.37. The number of hydrogen-bond acceptors (Lipinski definition) is 2. The van der Waals surface area contributed by atoms with Gasteiger partial charge in [-0.15, -0.1) is 0 Å². The first-order valence-electron chi connectivity index (χ1n) is 4.93. The lowest BCUT2D eigenvalue weighted by Crippen LogP contribution is -2.32. The zero-order valence-corrected chi connectivity index (χ0v) is 9.69. The Hall–Kier alpha value is -0.0500. The van der Waals surface area contributed by atoms with Gasteiger partial charge in [0, 0.05) is 25.2 Å². The van der Waals surface area contributed by atoms with E-state index in [1.807, 2.05) is 6.92 Å². The Labute approximate surface area is 86.9 Å². The first-order chi connectivity index (χ1) is 6.24. The van der Waals surface area contributed by atoms with Crippen molar-refractivity contribution >= 4 is 11.6 Å². The zero-order chi connectivity index (χ0) is 10.1. The van der Waals surface area contributed by atoms with E-state index in [0.717, 1.165) is 32.7 Å². The van der Waals surface area contributed by atoms with Gasteiger partial charge in [0.15, 0.2) is 0 Å². The SMILES string of the molecule is CCN(CC)CCNCC(C)=CCl. The summed E-state index contributed by atoms with van der Waals surface area (Å²) in [4.78, 5) is 2.40. The molecule has 78 valence electrons. The van der Waals surface area contributed by atoms with E-state index in [1.165, 1.54) is 5.57 Å². The molecule has 2 nitrogen and oxygen atoms in total. The van der Waals surface area contributed by atoms with E-state index in [9.17, 15) is 0 Å². The maximum Gasteiger partial charge on any atom is 0.0174 e. The molecule has 0 aromatic rings. The Bertz CT molecular complexity index is 142. The monoisotopic (exact) mass is 204 g/mol. The molecule has 0 aromatic heterocycles. The van der Waals surface area contributed by atoms with Crippen LogP contribution in [0.5, 0.6) is 0 Å². The molecule has 0 aliphatic heterocycles. The maximum absolute atomic E-state index is 5.54. The molecule has 0 unspecified atom stereocenters. The Balaban J connectivity index is 3.34. The Kier molecular flexibility index (Phi) is 8.51. The molecule has 0 saturated heterocycles. The second kappa shape index (κ2) is 8.54. The van der Waals surface area contributed by atoms with E-state index >= 15 is 0 Å². The van der Waals surface area contributed by atoms with Crippen LogP contribution in [-0.2, 0) is 0 Å². The average molecular weight is 205 g/mol. The van der Waals surface area contributed by atoms with Gasteiger partial charge in [0.05, 0.1) is 0 Å². The van der Waals surface area contributed by atoms with Crippen LogP contribution in [0.4, 0.5) is 0 Å². The van der Waals surface area contributed by atoms with Gasteiger partial charge in [-0.1, -0.05) is 25.4 Å². The van der Waals surface area contributed by atoms with E-state index in [-0.39, 0.29) is 0 Å². The fraction of sp³-hybridized carbons (Fsp3) is 0.800. The standard InChI is InChI=1S/C10H21ClN2/c1-4-13(5-2)7-6-12-9-10(3)8-11/h8,12H,4-7,9H2,1-3H3. The molecule has 0 heterocycles. The molecule has 1 N–H and O–H groups in total. The van der Waals surface area contributed by atoms with Gasteiger partial charge in [-0.3, -0.25) is 0 Å². The molecular formula is C10H21ClN2. The lowest BCUT2D eigenvalue weighted by molar-refractivity contribution is 0.304. The number of nitrogens with one attached hydrogen (secondary N) is 1. The van der Waals surface area contributed by atoms with Crippen LogP contribution in [-0.4, -0.2) is 37.6 Å². The highest BCUT2D eigenvalue weighted by atomic mass is 35.5. The van der Waals surface area contributed by atoms with Crippen molar-refractivity contribution in [2.24, 2.45) is 0 Å². The average Bonchev–Trinajstić information content (AvgIpc) is 2.18. The summed E-state index contributed by atoms with van der Waals surface area (Å²) in [5, 5.41) is 3.34. The number of rotatable bonds is 7. The lowest BCUT2D eigenvalue weighted by atomic mass is 10.3. The van der Waals surface area contributed by atoms with Crippen molar-refractivity contribution < 1.29 is 0 Å². The third-order valence-corrected chi connectivity index (χ3v) is 2.46. The molecule has 0 radical (unpaired) electrons. The summed E-state index contributed by atoms with van der Waals surface area (Å²) < 4.78 is 0. The highest BCUT2D eigenvalue weighted by Crippen LogP contribution is 1.91. The third-order valence-electron chi connectivity index (χ3n) is 2.09. The molecular weight excluding hydrogens is 184 g/mol. The van der Waals surface area contributed by atoms with E-state index in [2.05, 4.69) is 24.1 Å². The molecule has 0 atom stereocenters. The number of nitrogens with zero attached hydrogens (tertiary/aromatic N) is 1. The summed E-state index contributed by atoms with van der Waals surface area (Å²) in [5.74, 6) is 0. The van der Waals surface area contributed by atoms with Crippen LogP contribution in [0, 0.1) is 0 Å². The predicted octanol–water partition coefficient (Wildman–Crippen LogP) is 2.06. The topological polar surface area (TPSA) is 15.3 Å². The van der Waals surface area contributed by atoms with Gasteiger partial charge in [0.2, 0.25) is 0 Å². The molecule has 13 heavy (non-hydrogen) atoms. The van der Waals surface area contributed by atoms with Crippen molar-refractivity contribution in [2.45, 2.75) is 20.8 Å². The van der Waals surface area contributed by atoms with Gasteiger partial charge in [0.25, 0.3) is 0 Å². The van der Waals surface area contributed by atoms with Crippen molar-refractivity contribution in [3.05, 3.63) is 11.1 Å². The molecule has 0 spiro atoms. The van der Waals surface area contributed by atoms with Crippen molar-refractivity contribution in [1.82, 2.24) is 10.2 Å². The highest BCUT2D eigenvalue weighted by molar-refractivity contribution is 6.25. The van der Waals surface area contributed by atoms with E-state index in [4.69, 9.17) is 11.6 Å². The third kappa shape index (κ3) is 7.05. The largest absolute Gasteiger partial charge is 0.312 e. The van der Waals surface area contributed by atoms with Crippen LogP contribution < -0.4 is 5.32 Å². The normalized spacial score (nSPS) is 12.5. The quantitative estimate of drug-likeness (QED) is 0.639. The highest BCUT2D eigenvalue weighted by Gasteiger charge is 1.96. The molecule has 0 aliphatic carbocycles. The Morgan fingerprint density at radius 2 is 2.00 bits per heavy atom. The minimum absolute atomic E-state index is 0.894. The molecule has 0 fully saturated rings. The fourth-order valence-corrected chi connectivity index (χ4v) is 1.18. The van der Waals surface area contributed by atoms with Crippen LogP contribution in [0.15, 0.2) is 11.1 Å². The lowest BCUT2D eigenvalue weighted by Gasteiger charge is -2.17. The summed E-state index contributed by atoms with van der Waals surface area (Å²) in [6.45, 7) is 11.7. The van der Waals surface area contributed by atoms with Gasteiger partial charge >= 0.3 is 0 Å². The van der Waals surface area contributed by atoms with Crippen LogP contribution in [0.3, 0.4) is 0 Å². The van der Waals surface area contributed by atoms with Crippen molar-refractivity contribution in [1.29, 1.82) is 0 Å². The van der Waals surface area contributed by atoms with E-state index in [0.29, 0.717) is 0 Å². The molecule has 0 amide bonds. The number of likely N-dealkylation sites (N-methyl/N-ethyl adjacent to an activating group) is 1. The van der Waals surface area contributed by atoms with Crippen LogP contribution >= 0.6 is 11.6 Å². The van der Waals surface area contributed by atoms with E-state index in [1.54, 1.807) is 5.54 Å². The number of halogens is 1. The molecule has 0 aromatic carbocycles. The van der Waals surface area contributed by atoms with Crippen LogP contribution in [0.25, 0.3) is 0 Å². The van der Waals surface area contributed by atoms with Gasteiger partial charge < -0.3 is 10.2 Å². The molecule has 0 aliphatic rings. The van der Waals surface area contributed by atoms with Gasteiger partial charge in [-0.2, -0.15) is 0 Å². The summed E-state index contributed by atoms with van der Waals surface area (Å²) in [6, 6.07) is 0. The summed E-state index contributed by atoms with van der Waals surface area (Å²) in [5.41, 5.74) is 2.81.